The lowest BCUT2D eigenvalue weighted by atomic mass is 10.1. The van der Waals surface area contributed by atoms with Gasteiger partial charge in [0.1, 0.15) is 5.54 Å². The van der Waals surface area contributed by atoms with E-state index >= 15 is 0 Å². The Kier molecular flexibility index (Phi) is 5.63. The van der Waals surface area contributed by atoms with E-state index in [1.54, 1.807) is 19.3 Å². The zero-order valence-corrected chi connectivity index (χ0v) is 12.0. The highest BCUT2D eigenvalue weighted by Crippen LogP contribution is 2.17. The molecule has 1 aromatic rings. The van der Waals surface area contributed by atoms with Crippen molar-refractivity contribution >= 4 is 23.6 Å². The summed E-state index contributed by atoms with van der Waals surface area (Å²) in [5.41, 5.74) is -1.03. The van der Waals surface area contributed by atoms with Gasteiger partial charge in [0.15, 0.2) is 0 Å². The van der Waals surface area contributed by atoms with E-state index in [1.165, 1.54) is 24.9 Å². The summed E-state index contributed by atoms with van der Waals surface area (Å²) >= 11 is 1.43. The van der Waals surface area contributed by atoms with Crippen LogP contribution in [0.4, 0.5) is 0 Å². The molecule has 1 N–H and O–H groups in total. The molecule has 0 saturated carbocycles. The lowest BCUT2D eigenvalue weighted by Gasteiger charge is -2.21. The molecule has 0 aromatic heterocycles. The number of hydrogen-bond acceptors (Lipinski definition) is 4. The molecule has 0 heterocycles. The smallest absolute Gasteiger partial charge is 0.330 e. The number of nitrogens with one attached hydrogen (secondary N) is 1. The van der Waals surface area contributed by atoms with Gasteiger partial charge < -0.3 is 10.1 Å². The number of carbonyl (C=O) groups excluding carboxylic acids is 2. The minimum Gasteiger partial charge on any atom is -0.467 e. The average Bonchev–Trinajstić information content (AvgIpc) is 2.38. The Hall–Kier alpha value is -1.75. The van der Waals surface area contributed by atoms with Gasteiger partial charge in [-0.1, -0.05) is 30.0 Å². The molecule has 0 aliphatic heterocycles. The summed E-state index contributed by atoms with van der Waals surface area (Å²) in [6.45, 7) is 3.18. The first kappa shape index (κ1) is 15.3. The highest BCUT2D eigenvalue weighted by Gasteiger charge is 2.29. The lowest BCUT2D eigenvalue weighted by molar-refractivity contribution is -0.148. The van der Waals surface area contributed by atoms with E-state index in [1.807, 2.05) is 30.3 Å². The Morgan fingerprint density at radius 2 is 1.89 bits per heavy atom. The monoisotopic (exact) mass is 279 g/mol. The third-order valence-corrected chi connectivity index (χ3v) is 3.11. The van der Waals surface area contributed by atoms with Gasteiger partial charge in [-0.2, -0.15) is 0 Å². The number of benzene rings is 1. The minimum atomic E-state index is -1.03. The lowest BCUT2D eigenvalue weighted by Crippen LogP contribution is -2.49. The fraction of sp³-hybridized carbons (Fsp3) is 0.286. The van der Waals surface area contributed by atoms with Crippen molar-refractivity contribution < 1.29 is 14.3 Å². The second-order valence-electron chi connectivity index (χ2n) is 4.34. The van der Waals surface area contributed by atoms with Crippen LogP contribution in [0, 0.1) is 0 Å². The summed E-state index contributed by atoms with van der Waals surface area (Å²) < 4.78 is 4.61. The van der Waals surface area contributed by atoms with Gasteiger partial charge in [-0.15, -0.1) is 0 Å². The number of carbonyl (C=O) groups is 2. The Bertz CT molecular complexity index is 469. The Morgan fingerprint density at radius 1 is 1.26 bits per heavy atom. The van der Waals surface area contributed by atoms with Crippen molar-refractivity contribution in [2.75, 3.05) is 7.11 Å². The molecule has 0 spiro atoms. The van der Waals surface area contributed by atoms with E-state index in [0.717, 1.165) is 4.90 Å². The van der Waals surface area contributed by atoms with Crippen LogP contribution in [0.2, 0.25) is 0 Å². The minimum absolute atomic E-state index is 0.334. The molecule has 0 fully saturated rings. The zero-order valence-electron chi connectivity index (χ0n) is 11.2. The standard InChI is InChI=1S/C14H17NO3S/c1-14(2,13(17)18-3)15-12(16)9-10-19-11-7-5-4-6-8-11/h4-10H,1-3H3,(H,15,16)/b10-9+. The second-order valence-corrected chi connectivity index (χ2v) is 5.32. The predicted molar refractivity (Wildman–Crippen MR) is 75.7 cm³/mol. The largest absolute Gasteiger partial charge is 0.467 e. The molecule has 0 bridgehead atoms. The predicted octanol–water partition coefficient (Wildman–Crippen LogP) is 2.36. The summed E-state index contributed by atoms with van der Waals surface area (Å²) in [6, 6.07) is 9.68. The van der Waals surface area contributed by atoms with Gasteiger partial charge in [-0.05, 0) is 31.4 Å². The summed E-state index contributed by atoms with van der Waals surface area (Å²) in [4.78, 5) is 24.1. The quantitative estimate of drug-likeness (QED) is 0.511. The van der Waals surface area contributed by atoms with E-state index in [2.05, 4.69) is 10.1 Å². The molecule has 0 atom stereocenters. The molecule has 4 nitrogen and oxygen atoms in total. The number of esters is 1. The molecular formula is C14H17NO3S. The topological polar surface area (TPSA) is 55.4 Å². The van der Waals surface area contributed by atoms with E-state index in [-0.39, 0.29) is 5.91 Å². The van der Waals surface area contributed by atoms with Crippen molar-refractivity contribution in [2.24, 2.45) is 0 Å². The SMILES string of the molecule is COC(=O)C(C)(C)NC(=O)/C=C/Sc1ccccc1. The average molecular weight is 279 g/mol. The van der Waals surface area contributed by atoms with Crippen molar-refractivity contribution in [2.45, 2.75) is 24.3 Å². The summed E-state index contributed by atoms with van der Waals surface area (Å²) in [7, 11) is 1.29. The van der Waals surface area contributed by atoms with E-state index in [4.69, 9.17) is 0 Å². The van der Waals surface area contributed by atoms with Crippen molar-refractivity contribution in [1.29, 1.82) is 0 Å². The first-order valence-electron chi connectivity index (χ1n) is 5.74. The molecule has 0 unspecified atom stereocenters. The number of methoxy groups -OCH3 is 1. The Morgan fingerprint density at radius 3 is 2.47 bits per heavy atom. The molecule has 0 aliphatic rings. The highest BCUT2D eigenvalue weighted by molar-refractivity contribution is 8.02. The fourth-order valence-electron chi connectivity index (χ4n) is 1.33. The number of hydrogen-bond donors (Lipinski definition) is 1. The summed E-state index contributed by atoms with van der Waals surface area (Å²) in [5.74, 6) is -0.816. The molecule has 1 rings (SSSR count). The van der Waals surface area contributed by atoms with Gasteiger partial charge in [-0.3, -0.25) is 4.79 Å². The van der Waals surface area contributed by atoms with Crippen molar-refractivity contribution in [1.82, 2.24) is 5.32 Å². The van der Waals surface area contributed by atoms with Gasteiger partial charge in [0, 0.05) is 11.0 Å². The molecule has 19 heavy (non-hydrogen) atoms. The highest BCUT2D eigenvalue weighted by atomic mass is 32.2. The fourth-order valence-corrected chi connectivity index (χ4v) is 1.99. The third kappa shape index (κ3) is 5.18. The van der Waals surface area contributed by atoms with Gasteiger partial charge in [0.25, 0.3) is 0 Å². The normalized spacial score (nSPS) is 11.3. The molecular weight excluding hydrogens is 262 g/mol. The molecule has 0 aliphatic carbocycles. The van der Waals surface area contributed by atoms with E-state index < -0.39 is 11.5 Å². The third-order valence-electron chi connectivity index (χ3n) is 2.30. The Labute approximate surface area is 117 Å². The first-order chi connectivity index (χ1) is 8.95. The van der Waals surface area contributed by atoms with Crippen LogP contribution in [0.3, 0.4) is 0 Å². The van der Waals surface area contributed by atoms with E-state index in [9.17, 15) is 9.59 Å². The van der Waals surface area contributed by atoms with E-state index in [0.29, 0.717) is 0 Å². The number of thioether (sulfide) groups is 1. The van der Waals surface area contributed by atoms with Crippen LogP contribution in [0.5, 0.6) is 0 Å². The van der Waals surface area contributed by atoms with Crippen LogP contribution in [-0.4, -0.2) is 24.5 Å². The van der Waals surface area contributed by atoms with Crippen LogP contribution < -0.4 is 5.32 Å². The maximum absolute atomic E-state index is 11.7. The molecule has 1 amide bonds. The van der Waals surface area contributed by atoms with Crippen LogP contribution in [0.15, 0.2) is 46.7 Å². The van der Waals surface area contributed by atoms with Gasteiger partial charge in [0.2, 0.25) is 5.91 Å². The van der Waals surface area contributed by atoms with Crippen LogP contribution in [0.1, 0.15) is 13.8 Å². The number of amides is 1. The van der Waals surface area contributed by atoms with Crippen LogP contribution in [-0.2, 0) is 14.3 Å². The molecule has 5 heteroatoms. The van der Waals surface area contributed by atoms with Gasteiger partial charge >= 0.3 is 5.97 Å². The maximum atomic E-state index is 11.7. The van der Waals surface area contributed by atoms with Crippen molar-refractivity contribution in [3.05, 3.63) is 41.8 Å². The summed E-state index contributed by atoms with van der Waals surface area (Å²) in [6.07, 6.45) is 1.39. The van der Waals surface area contributed by atoms with Crippen LogP contribution >= 0.6 is 11.8 Å². The molecule has 0 radical (unpaired) electrons. The molecule has 102 valence electrons. The number of rotatable bonds is 5. The Balaban J connectivity index is 2.49. The molecule has 1 aromatic carbocycles. The maximum Gasteiger partial charge on any atom is 0.330 e. The van der Waals surface area contributed by atoms with Gasteiger partial charge in [0.05, 0.1) is 7.11 Å². The molecule has 0 saturated heterocycles. The summed E-state index contributed by atoms with van der Waals surface area (Å²) in [5, 5.41) is 4.26. The number of ether oxygens (including phenoxy) is 1. The first-order valence-corrected chi connectivity index (χ1v) is 6.62. The van der Waals surface area contributed by atoms with Gasteiger partial charge in [-0.25, -0.2) is 4.79 Å². The van der Waals surface area contributed by atoms with Crippen molar-refractivity contribution in [3.63, 3.8) is 0 Å². The zero-order chi connectivity index (χ0) is 14.3. The van der Waals surface area contributed by atoms with Crippen molar-refractivity contribution in [3.8, 4) is 0 Å². The second kappa shape index (κ2) is 6.99. The van der Waals surface area contributed by atoms with Crippen LogP contribution in [0.25, 0.3) is 0 Å².